The number of fused-ring (bicyclic) bond motifs is 1. The molecule has 3 rings (SSSR count). The smallest absolute Gasteiger partial charge is 0.227 e. The fourth-order valence-corrected chi connectivity index (χ4v) is 2.76. The van der Waals surface area contributed by atoms with Crippen LogP contribution in [0.4, 0.5) is 5.69 Å². The summed E-state index contributed by atoms with van der Waals surface area (Å²) in [5, 5.41) is 7.49. The van der Waals surface area contributed by atoms with Gasteiger partial charge < -0.3 is 14.6 Å². The molecule has 1 aromatic heterocycles. The van der Waals surface area contributed by atoms with E-state index in [1.54, 1.807) is 0 Å². The monoisotopic (exact) mass is 287 g/mol. The number of ether oxygens (including phenoxy) is 1. The summed E-state index contributed by atoms with van der Waals surface area (Å²) in [6.07, 6.45) is 0.749. The first-order chi connectivity index (χ1) is 10.1. The molecule has 0 radical (unpaired) electrons. The van der Waals surface area contributed by atoms with Crippen molar-refractivity contribution in [3.63, 3.8) is 0 Å². The van der Waals surface area contributed by atoms with Crippen LogP contribution >= 0.6 is 0 Å². The van der Waals surface area contributed by atoms with Crippen LogP contribution in [0.5, 0.6) is 0 Å². The van der Waals surface area contributed by atoms with Crippen LogP contribution < -0.4 is 5.32 Å². The normalized spacial score (nSPS) is 17.6. The maximum absolute atomic E-state index is 5.66. The number of aromatic nitrogens is 2. The third kappa shape index (κ3) is 2.78. The Morgan fingerprint density at radius 1 is 1.38 bits per heavy atom. The molecule has 2 aromatic rings. The molecule has 1 N–H and O–H groups in total. The number of anilines is 1. The highest BCUT2D eigenvalue weighted by molar-refractivity contribution is 5.57. The number of para-hydroxylation sites is 1. The second kappa shape index (κ2) is 5.48. The summed E-state index contributed by atoms with van der Waals surface area (Å²) >= 11 is 0. The summed E-state index contributed by atoms with van der Waals surface area (Å²) in [6, 6.07) is 8.37. The summed E-state index contributed by atoms with van der Waals surface area (Å²) in [5.74, 6) is 1.66. The minimum atomic E-state index is -0.512. The summed E-state index contributed by atoms with van der Waals surface area (Å²) < 4.78 is 11.1. The summed E-state index contributed by atoms with van der Waals surface area (Å²) in [6.45, 7) is 7.40. The minimum absolute atomic E-state index is 0.379. The first kappa shape index (κ1) is 14.1. The van der Waals surface area contributed by atoms with Gasteiger partial charge in [-0.1, -0.05) is 23.4 Å². The number of hydrogen-bond donors (Lipinski definition) is 1. The number of rotatable bonds is 5. The molecule has 0 bridgehead atoms. The van der Waals surface area contributed by atoms with E-state index >= 15 is 0 Å². The zero-order chi connectivity index (χ0) is 14.9. The quantitative estimate of drug-likeness (QED) is 0.915. The van der Waals surface area contributed by atoms with Gasteiger partial charge >= 0.3 is 0 Å². The summed E-state index contributed by atoms with van der Waals surface area (Å²) in [4.78, 5) is 4.51. The lowest BCUT2D eigenvalue weighted by atomic mass is 9.98. The van der Waals surface area contributed by atoms with Crippen LogP contribution in [-0.4, -0.2) is 23.3 Å². The van der Waals surface area contributed by atoms with Crippen LogP contribution in [0.1, 0.15) is 44.0 Å². The molecular weight excluding hydrogens is 266 g/mol. The van der Waals surface area contributed by atoms with Crippen molar-refractivity contribution in [3.05, 3.63) is 41.5 Å². The van der Waals surface area contributed by atoms with E-state index in [-0.39, 0.29) is 0 Å². The Labute approximate surface area is 124 Å². The average molecular weight is 287 g/mol. The lowest BCUT2D eigenvalue weighted by Crippen LogP contribution is -2.23. The zero-order valence-corrected chi connectivity index (χ0v) is 12.7. The van der Waals surface area contributed by atoms with Crippen molar-refractivity contribution in [1.82, 2.24) is 10.1 Å². The third-order valence-electron chi connectivity index (χ3n) is 3.87. The standard InChI is InChI=1S/C16H21N3O2/c1-4-20-16(2,3)15-18-14(21-19-15)9-11-10-17-13-8-6-5-7-12(11)13/h5-8,11,17H,4,9-10H2,1-3H3. The van der Waals surface area contributed by atoms with Crippen molar-refractivity contribution in [1.29, 1.82) is 0 Å². The topological polar surface area (TPSA) is 60.2 Å². The maximum Gasteiger partial charge on any atom is 0.227 e. The van der Waals surface area contributed by atoms with Crippen molar-refractivity contribution in [2.24, 2.45) is 0 Å². The van der Waals surface area contributed by atoms with Gasteiger partial charge in [0.15, 0.2) is 0 Å². The molecule has 112 valence electrons. The van der Waals surface area contributed by atoms with Gasteiger partial charge in [-0.25, -0.2) is 0 Å². The molecular formula is C16H21N3O2. The van der Waals surface area contributed by atoms with Gasteiger partial charge in [0.25, 0.3) is 0 Å². The molecule has 1 aliphatic rings. The predicted molar refractivity (Wildman–Crippen MR) is 80.3 cm³/mol. The number of benzene rings is 1. The Kier molecular flexibility index (Phi) is 3.68. The van der Waals surface area contributed by atoms with Crippen LogP contribution in [0.25, 0.3) is 0 Å². The van der Waals surface area contributed by atoms with Crippen LogP contribution in [0.3, 0.4) is 0 Å². The molecule has 1 unspecified atom stereocenters. The Morgan fingerprint density at radius 3 is 3.00 bits per heavy atom. The molecule has 0 amide bonds. The fourth-order valence-electron chi connectivity index (χ4n) is 2.76. The molecule has 0 fully saturated rings. The molecule has 21 heavy (non-hydrogen) atoms. The van der Waals surface area contributed by atoms with Gasteiger partial charge in [0.05, 0.1) is 0 Å². The summed E-state index contributed by atoms with van der Waals surface area (Å²) in [7, 11) is 0. The van der Waals surface area contributed by atoms with Crippen LogP contribution in [0.15, 0.2) is 28.8 Å². The Hall–Kier alpha value is -1.88. The molecule has 1 aromatic carbocycles. The van der Waals surface area contributed by atoms with Crippen molar-refractivity contribution < 1.29 is 9.26 Å². The maximum atomic E-state index is 5.66. The fraction of sp³-hybridized carbons (Fsp3) is 0.500. The van der Waals surface area contributed by atoms with Gasteiger partial charge in [-0.3, -0.25) is 0 Å². The minimum Gasteiger partial charge on any atom is -0.384 e. The largest absolute Gasteiger partial charge is 0.384 e. The molecule has 0 saturated carbocycles. The third-order valence-corrected chi connectivity index (χ3v) is 3.87. The van der Waals surface area contributed by atoms with Gasteiger partial charge in [-0.05, 0) is 32.4 Å². The zero-order valence-electron chi connectivity index (χ0n) is 12.7. The highest BCUT2D eigenvalue weighted by atomic mass is 16.5. The van der Waals surface area contributed by atoms with E-state index in [0.717, 1.165) is 13.0 Å². The van der Waals surface area contributed by atoms with Crippen molar-refractivity contribution in [3.8, 4) is 0 Å². The first-order valence-corrected chi connectivity index (χ1v) is 7.40. The second-order valence-corrected chi connectivity index (χ2v) is 5.82. The van der Waals surface area contributed by atoms with E-state index in [1.807, 2.05) is 26.8 Å². The van der Waals surface area contributed by atoms with E-state index in [1.165, 1.54) is 11.3 Å². The van der Waals surface area contributed by atoms with Gasteiger partial charge in [0.1, 0.15) is 5.60 Å². The SMILES string of the molecule is CCOC(C)(C)c1noc(CC2CNc3ccccc32)n1. The molecule has 5 nitrogen and oxygen atoms in total. The van der Waals surface area contributed by atoms with Gasteiger partial charge in [-0.15, -0.1) is 0 Å². The van der Waals surface area contributed by atoms with E-state index in [2.05, 4.69) is 33.7 Å². The molecule has 2 heterocycles. The highest BCUT2D eigenvalue weighted by Crippen LogP contribution is 2.33. The number of nitrogens with one attached hydrogen (secondary N) is 1. The molecule has 1 atom stereocenters. The molecule has 5 heteroatoms. The summed E-state index contributed by atoms with van der Waals surface area (Å²) in [5.41, 5.74) is 2.01. The van der Waals surface area contributed by atoms with E-state index in [0.29, 0.717) is 24.2 Å². The molecule has 1 aliphatic heterocycles. The van der Waals surface area contributed by atoms with Crippen molar-refractivity contribution in [2.45, 2.75) is 38.7 Å². The van der Waals surface area contributed by atoms with Crippen LogP contribution in [0, 0.1) is 0 Å². The first-order valence-electron chi connectivity index (χ1n) is 7.40. The van der Waals surface area contributed by atoms with Gasteiger partial charge in [-0.2, -0.15) is 4.98 Å². The Bertz CT molecular complexity index is 621. The van der Waals surface area contributed by atoms with Crippen LogP contribution in [0.2, 0.25) is 0 Å². The number of hydrogen-bond acceptors (Lipinski definition) is 5. The lowest BCUT2D eigenvalue weighted by molar-refractivity contribution is -0.0221. The van der Waals surface area contributed by atoms with Crippen LogP contribution in [-0.2, 0) is 16.8 Å². The highest BCUT2D eigenvalue weighted by Gasteiger charge is 2.29. The van der Waals surface area contributed by atoms with Gasteiger partial charge in [0.2, 0.25) is 11.7 Å². The number of nitrogens with zero attached hydrogens (tertiary/aromatic N) is 2. The average Bonchev–Trinajstić information content (AvgIpc) is 3.08. The van der Waals surface area contributed by atoms with E-state index in [4.69, 9.17) is 9.26 Å². The van der Waals surface area contributed by atoms with Crippen molar-refractivity contribution in [2.75, 3.05) is 18.5 Å². The predicted octanol–water partition coefficient (Wildman–Crippen LogP) is 3.09. The Morgan fingerprint density at radius 2 is 2.19 bits per heavy atom. The van der Waals surface area contributed by atoms with E-state index in [9.17, 15) is 0 Å². The lowest BCUT2D eigenvalue weighted by Gasteiger charge is -2.19. The molecule has 0 saturated heterocycles. The van der Waals surface area contributed by atoms with E-state index < -0.39 is 5.60 Å². The van der Waals surface area contributed by atoms with Crippen molar-refractivity contribution >= 4 is 5.69 Å². The van der Waals surface area contributed by atoms with Gasteiger partial charge in [0, 0.05) is 31.2 Å². The molecule has 0 aliphatic carbocycles. The Balaban J connectivity index is 1.74. The second-order valence-electron chi connectivity index (χ2n) is 5.82. The molecule has 0 spiro atoms.